The quantitative estimate of drug-likeness (QED) is 0.723. The number of rotatable bonds is 2. The van der Waals surface area contributed by atoms with Crippen LogP contribution >= 0.6 is 15.9 Å². The van der Waals surface area contributed by atoms with Gasteiger partial charge in [0.05, 0.1) is 0 Å². The Balaban J connectivity index is 3.33. The van der Waals surface area contributed by atoms with E-state index in [1.54, 1.807) is 12.1 Å². The van der Waals surface area contributed by atoms with E-state index < -0.39 is 0 Å². The Bertz CT molecular complexity index is 305. The molecule has 0 atom stereocenters. The molecule has 0 bridgehead atoms. The van der Waals surface area contributed by atoms with Crippen LogP contribution in [0.15, 0.2) is 23.2 Å². The van der Waals surface area contributed by atoms with Gasteiger partial charge in [-0.1, -0.05) is 25.6 Å². The lowest BCUT2D eigenvalue weighted by molar-refractivity contribution is 0.610. The molecule has 2 heteroatoms. The second-order valence-corrected chi connectivity index (χ2v) is 3.28. The van der Waals surface area contributed by atoms with Crippen LogP contribution in [0.2, 0.25) is 0 Å². The summed E-state index contributed by atoms with van der Waals surface area (Å²) in [7, 11) is 0. The van der Waals surface area contributed by atoms with Crippen LogP contribution in [-0.4, -0.2) is 0 Å². The highest BCUT2D eigenvalue weighted by atomic mass is 79.9. The molecule has 0 nitrogen and oxygen atoms in total. The summed E-state index contributed by atoms with van der Waals surface area (Å²) in [5.74, 6) is -0.157. The number of hydrogen-bond acceptors (Lipinski definition) is 0. The van der Waals surface area contributed by atoms with Gasteiger partial charge >= 0.3 is 0 Å². The molecule has 1 rings (SSSR count). The molecule has 0 amide bonds. The average molecular weight is 229 g/mol. The van der Waals surface area contributed by atoms with Gasteiger partial charge in [-0.15, -0.1) is 0 Å². The average Bonchev–Trinajstić information content (AvgIpc) is 2.06. The van der Waals surface area contributed by atoms with E-state index in [9.17, 15) is 4.39 Å². The SMILES string of the molecule is C=Cc1ccc(F)c(CC)c1Br. The van der Waals surface area contributed by atoms with Gasteiger partial charge < -0.3 is 0 Å². The highest BCUT2D eigenvalue weighted by Gasteiger charge is 2.06. The van der Waals surface area contributed by atoms with Crippen LogP contribution in [-0.2, 0) is 6.42 Å². The molecule has 0 N–H and O–H groups in total. The topological polar surface area (TPSA) is 0 Å². The Morgan fingerprint density at radius 2 is 2.25 bits per heavy atom. The lowest BCUT2D eigenvalue weighted by atomic mass is 10.1. The van der Waals surface area contributed by atoms with Crippen molar-refractivity contribution in [1.29, 1.82) is 0 Å². The van der Waals surface area contributed by atoms with E-state index in [0.717, 1.165) is 10.0 Å². The molecule has 0 aliphatic carbocycles. The third kappa shape index (κ3) is 1.58. The second-order valence-electron chi connectivity index (χ2n) is 2.49. The summed E-state index contributed by atoms with van der Waals surface area (Å²) in [6, 6.07) is 3.19. The first-order chi connectivity index (χ1) is 5.70. The molecule has 0 aliphatic heterocycles. The molecule has 0 aromatic heterocycles. The van der Waals surface area contributed by atoms with Crippen molar-refractivity contribution in [2.24, 2.45) is 0 Å². The maximum atomic E-state index is 13.1. The summed E-state index contributed by atoms with van der Waals surface area (Å²) in [6.07, 6.45) is 2.40. The molecular weight excluding hydrogens is 219 g/mol. The molecule has 0 spiro atoms. The summed E-state index contributed by atoms with van der Waals surface area (Å²) in [4.78, 5) is 0. The molecule has 0 aliphatic rings. The van der Waals surface area contributed by atoms with Crippen LogP contribution in [0.1, 0.15) is 18.1 Å². The minimum absolute atomic E-state index is 0.157. The van der Waals surface area contributed by atoms with Crippen molar-refractivity contribution >= 4 is 22.0 Å². The largest absolute Gasteiger partial charge is 0.207 e. The van der Waals surface area contributed by atoms with Gasteiger partial charge in [-0.3, -0.25) is 0 Å². The van der Waals surface area contributed by atoms with Crippen LogP contribution in [0.3, 0.4) is 0 Å². The first-order valence-electron chi connectivity index (χ1n) is 3.80. The van der Waals surface area contributed by atoms with Crippen LogP contribution in [0.25, 0.3) is 6.08 Å². The van der Waals surface area contributed by atoms with Crippen LogP contribution in [0.5, 0.6) is 0 Å². The van der Waals surface area contributed by atoms with E-state index in [1.165, 1.54) is 6.07 Å². The van der Waals surface area contributed by atoms with Crippen molar-refractivity contribution in [3.8, 4) is 0 Å². The zero-order valence-corrected chi connectivity index (χ0v) is 8.49. The summed E-state index contributed by atoms with van der Waals surface area (Å²) < 4.78 is 13.9. The zero-order chi connectivity index (χ0) is 9.14. The van der Waals surface area contributed by atoms with Gasteiger partial charge in [0.15, 0.2) is 0 Å². The lowest BCUT2D eigenvalue weighted by Crippen LogP contribution is -1.91. The van der Waals surface area contributed by atoms with Gasteiger partial charge in [0.2, 0.25) is 0 Å². The second kappa shape index (κ2) is 3.85. The van der Waals surface area contributed by atoms with Crippen LogP contribution < -0.4 is 0 Å². The minimum atomic E-state index is -0.157. The minimum Gasteiger partial charge on any atom is -0.207 e. The first-order valence-corrected chi connectivity index (χ1v) is 4.59. The third-order valence-electron chi connectivity index (χ3n) is 1.79. The summed E-state index contributed by atoms with van der Waals surface area (Å²) in [5.41, 5.74) is 1.65. The Morgan fingerprint density at radius 1 is 1.58 bits per heavy atom. The van der Waals surface area contributed by atoms with E-state index in [4.69, 9.17) is 0 Å². The van der Waals surface area contributed by atoms with Crippen molar-refractivity contribution in [3.05, 3.63) is 40.1 Å². The van der Waals surface area contributed by atoms with E-state index in [1.807, 2.05) is 6.92 Å². The van der Waals surface area contributed by atoms with E-state index in [-0.39, 0.29) is 5.82 Å². The smallest absolute Gasteiger partial charge is 0.127 e. The number of benzene rings is 1. The fraction of sp³-hybridized carbons (Fsp3) is 0.200. The lowest BCUT2D eigenvalue weighted by Gasteiger charge is -2.05. The Kier molecular flexibility index (Phi) is 3.04. The number of halogens is 2. The summed E-state index contributed by atoms with van der Waals surface area (Å²) >= 11 is 3.34. The molecular formula is C10H10BrF. The van der Waals surface area contributed by atoms with E-state index >= 15 is 0 Å². The van der Waals surface area contributed by atoms with Crippen molar-refractivity contribution in [1.82, 2.24) is 0 Å². The normalized spacial score (nSPS) is 9.92. The molecule has 0 saturated heterocycles. The molecule has 12 heavy (non-hydrogen) atoms. The standard InChI is InChI=1S/C10H10BrF/c1-3-7-5-6-9(12)8(4-2)10(7)11/h3,5-6H,1,4H2,2H3. The molecule has 1 aromatic rings. The predicted octanol–water partition coefficient (Wildman–Crippen LogP) is 3.79. The van der Waals surface area contributed by atoms with Crippen molar-refractivity contribution in [3.63, 3.8) is 0 Å². The van der Waals surface area contributed by atoms with Gasteiger partial charge in [0.25, 0.3) is 0 Å². The van der Waals surface area contributed by atoms with E-state index in [0.29, 0.717) is 12.0 Å². The van der Waals surface area contributed by atoms with Gasteiger partial charge in [-0.25, -0.2) is 4.39 Å². The molecule has 64 valence electrons. The monoisotopic (exact) mass is 228 g/mol. The van der Waals surface area contributed by atoms with Gasteiger partial charge in [0, 0.05) is 10.0 Å². The zero-order valence-electron chi connectivity index (χ0n) is 6.90. The van der Waals surface area contributed by atoms with Crippen LogP contribution in [0.4, 0.5) is 4.39 Å². The van der Waals surface area contributed by atoms with Crippen molar-refractivity contribution in [2.75, 3.05) is 0 Å². The molecule has 1 aromatic carbocycles. The highest BCUT2D eigenvalue weighted by molar-refractivity contribution is 9.10. The fourth-order valence-electron chi connectivity index (χ4n) is 1.10. The molecule has 0 unspecified atom stereocenters. The van der Waals surface area contributed by atoms with Crippen LogP contribution in [0, 0.1) is 5.82 Å². The summed E-state index contributed by atoms with van der Waals surface area (Å²) in [6.45, 7) is 5.57. The molecule has 0 fully saturated rings. The van der Waals surface area contributed by atoms with E-state index in [2.05, 4.69) is 22.5 Å². The number of hydrogen-bond donors (Lipinski definition) is 0. The third-order valence-corrected chi connectivity index (χ3v) is 2.73. The molecule has 0 radical (unpaired) electrons. The Morgan fingerprint density at radius 3 is 2.75 bits per heavy atom. The Hall–Kier alpha value is -0.630. The molecule has 0 saturated carbocycles. The first kappa shape index (κ1) is 9.46. The Labute approximate surface area is 80.2 Å². The van der Waals surface area contributed by atoms with Gasteiger partial charge in [0.1, 0.15) is 5.82 Å². The maximum absolute atomic E-state index is 13.1. The summed E-state index contributed by atoms with van der Waals surface area (Å²) in [5, 5.41) is 0. The van der Waals surface area contributed by atoms with Crippen molar-refractivity contribution < 1.29 is 4.39 Å². The highest BCUT2D eigenvalue weighted by Crippen LogP contribution is 2.25. The predicted molar refractivity (Wildman–Crippen MR) is 53.6 cm³/mol. The van der Waals surface area contributed by atoms with Gasteiger partial charge in [-0.2, -0.15) is 0 Å². The fourth-order valence-corrected chi connectivity index (χ4v) is 1.86. The van der Waals surface area contributed by atoms with Gasteiger partial charge in [-0.05, 0) is 34.0 Å². The maximum Gasteiger partial charge on any atom is 0.127 e. The molecule has 0 heterocycles. The van der Waals surface area contributed by atoms with Crippen molar-refractivity contribution in [2.45, 2.75) is 13.3 Å².